The molecular weight excluding hydrogens is 176 g/mol. The number of likely N-dealkylation sites (N-methyl/N-ethyl adjacent to an activating group) is 1. The van der Waals surface area contributed by atoms with E-state index >= 15 is 0 Å². The van der Waals surface area contributed by atoms with Gasteiger partial charge in [-0.15, -0.1) is 0 Å². The average molecular weight is 192 g/mol. The fourth-order valence-corrected chi connectivity index (χ4v) is 1.11. The first-order valence-electron chi connectivity index (χ1n) is 4.73. The third kappa shape index (κ3) is 3.18. The fourth-order valence-electron chi connectivity index (χ4n) is 1.11. The van der Waals surface area contributed by atoms with Gasteiger partial charge in [0.05, 0.1) is 0 Å². The van der Waals surface area contributed by atoms with Crippen LogP contribution < -0.4 is 10.6 Å². The highest BCUT2D eigenvalue weighted by molar-refractivity contribution is 5.94. The van der Waals surface area contributed by atoms with Gasteiger partial charge in [0.2, 0.25) is 0 Å². The first-order valence-corrected chi connectivity index (χ1v) is 4.73. The van der Waals surface area contributed by atoms with E-state index in [1.54, 1.807) is 0 Å². The molecule has 76 valence electrons. The molecule has 0 fully saturated rings. The van der Waals surface area contributed by atoms with E-state index in [-0.39, 0.29) is 5.91 Å². The zero-order valence-corrected chi connectivity index (χ0v) is 8.63. The molecule has 0 heterocycles. The lowest BCUT2D eigenvalue weighted by molar-refractivity contribution is 0.0954. The molecule has 0 aliphatic heterocycles. The van der Waals surface area contributed by atoms with Gasteiger partial charge in [0, 0.05) is 18.7 Å². The highest BCUT2D eigenvalue weighted by Crippen LogP contribution is 2.02. The van der Waals surface area contributed by atoms with Crippen molar-refractivity contribution in [1.29, 1.82) is 0 Å². The number of amides is 1. The van der Waals surface area contributed by atoms with E-state index in [4.69, 9.17) is 0 Å². The van der Waals surface area contributed by atoms with Gasteiger partial charge in [-0.05, 0) is 26.1 Å². The van der Waals surface area contributed by atoms with Gasteiger partial charge in [0.15, 0.2) is 0 Å². The van der Waals surface area contributed by atoms with Crippen LogP contribution in [0.1, 0.15) is 15.9 Å². The lowest BCUT2D eigenvalue weighted by Crippen LogP contribution is -2.30. The predicted octanol–water partition coefficient (Wildman–Crippen LogP) is 0.944. The van der Waals surface area contributed by atoms with E-state index in [1.165, 1.54) is 0 Å². The predicted molar refractivity (Wildman–Crippen MR) is 57.4 cm³/mol. The lowest BCUT2D eigenvalue weighted by atomic mass is 10.1. The minimum absolute atomic E-state index is 0.0137. The molecule has 14 heavy (non-hydrogen) atoms. The summed E-state index contributed by atoms with van der Waals surface area (Å²) >= 11 is 0. The minimum Gasteiger partial charge on any atom is -0.351 e. The molecule has 0 saturated carbocycles. The normalized spacial score (nSPS) is 9.86. The van der Waals surface area contributed by atoms with Crippen molar-refractivity contribution in [1.82, 2.24) is 10.6 Å². The van der Waals surface area contributed by atoms with E-state index in [1.807, 2.05) is 38.2 Å². The van der Waals surface area contributed by atoms with Crippen LogP contribution in [0.15, 0.2) is 24.3 Å². The summed E-state index contributed by atoms with van der Waals surface area (Å²) < 4.78 is 0. The van der Waals surface area contributed by atoms with Crippen LogP contribution in [0.4, 0.5) is 0 Å². The molecule has 2 N–H and O–H groups in total. The first kappa shape index (κ1) is 10.7. The van der Waals surface area contributed by atoms with Crippen molar-refractivity contribution in [3.63, 3.8) is 0 Å². The van der Waals surface area contributed by atoms with E-state index in [2.05, 4.69) is 10.6 Å². The molecule has 0 aliphatic rings. The maximum atomic E-state index is 11.5. The summed E-state index contributed by atoms with van der Waals surface area (Å²) in [4.78, 5) is 11.5. The largest absolute Gasteiger partial charge is 0.351 e. The third-order valence-corrected chi connectivity index (χ3v) is 1.97. The molecule has 0 radical (unpaired) electrons. The maximum absolute atomic E-state index is 11.5. The number of carbonyl (C=O) groups excluding carboxylic acids is 1. The molecule has 0 spiro atoms. The topological polar surface area (TPSA) is 41.1 Å². The Morgan fingerprint density at radius 3 is 2.43 bits per heavy atom. The molecule has 1 rings (SSSR count). The van der Waals surface area contributed by atoms with Crippen LogP contribution >= 0.6 is 0 Å². The monoisotopic (exact) mass is 192 g/mol. The van der Waals surface area contributed by atoms with Crippen LogP contribution in [-0.4, -0.2) is 26.0 Å². The number of carbonyl (C=O) groups is 1. The van der Waals surface area contributed by atoms with Gasteiger partial charge in [-0.3, -0.25) is 4.79 Å². The van der Waals surface area contributed by atoms with Crippen LogP contribution in [0.25, 0.3) is 0 Å². The van der Waals surface area contributed by atoms with Gasteiger partial charge < -0.3 is 10.6 Å². The highest BCUT2D eigenvalue weighted by atomic mass is 16.1. The second kappa shape index (κ2) is 5.40. The van der Waals surface area contributed by atoms with Crippen molar-refractivity contribution in [2.45, 2.75) is 6.92 Å². The lowest BCUT2D eigenvalue weighted by Gasteiger charge is -2.04. The zero-order chi connectivity index (χ0) is 10.4. The first-order chi connectivity index (χ1) is 6.74. The van der Waals surface area contributed by atoms with E-state index < -0.39 is 0 Å². The molecule has 0 atom stereocenters. The zero-order valence-electron chi connectivity index (χ0n) is 8.63. The number of hydrogen-bond donors (Lipinski definition) is 2. The Labute approximate surface area is 84.5 Å². The molecule has 0 saturated heterocycles. The molecule has 0 bridgehead atoms. The third-order valence-electron chi connectivity index (χ3n) is 1.97. The standard InChI is InChI=1S/C11H16N2O/c1-9-3-5-10(6-4-9)11(14)13-8-7-12-2/h3-6,12H,7-8H2,1-2H3,(H,13,14). The molecule has 3 heteroatoms. The Morgan fingerprint density at radius 1 is 1.21 bits per heavy atom. The molecular formula is C11H16N2O. The van der Waals surface area contributed by atoms with Crippen LogP contribution in [0, 0.1) is 6.92 Å². The van der Waals surface area contributed by atoms with Crippen molar-refractivity contribution in [3.8, 4) is 0 Å². The van der Waals surface area contributed by atoms with Crippen molar-refractivity contribution < 1.29 is 4.79 Å². The summed E-state index contributed by atoms with van der Waals surface area (Å²) in [6.07, 6.45) is 0. The van der Waals surface area contributed by atoms with Crippen LogP contribution in [0.2, 0.25) is 0 Å². The highest BCUT2D eigenvalue weighted by Gasteiger charge is 2.02. The van der Waals surface area contributed by atoms with Crippen molar-refractivity contribution in [3.05, 3.63) is 35.4 Å². The van der Waals surface area contributed by atoms with E-state index in [0.29, 0.717) is 12.1 Å². The van der Waals surface area contributed by atoms with Gasteiger partial charge in [0.25, 0.3) is 5.91 Å². The summed E-state index contributed by atoms with van der Waals surface area (Å²) in [7, 11) is 1.86. The molecule has 0 unspecified atom stereocenters. The van der Waals surface area contributed by atoms with E-state index in [0.717, 1.165) is 12.1 Å². The van der Waals surface area contributed by atoms with Crippen LogP contribution in [0.5, 0.6) is 0 Å². The van der Waals surface area contributed by atoms with Gasteiger partial charge in [0.1, 0.15) is 0 Å². The van der Waals surface area contributed by atoms with Crippen molar-refractivity contribution in [2.24, 2.45) is 0 Å². The summed E-state index contributed by atoms with van der Waals surface area (Å²) in [6.45, 7) is 3.45. The fraction of sp³-hybridized carbons (Fsp3) is 0.364. The smallest absolute Gasteiger partial charge is 0.251 e. The van der Waals surface area contributed by atoms with Crippen molar-refractivity contribution in [2.75, 3.05) is 20.1 Å². The van der Waals surface area contributed by atoms with Gasteiger partial charge in [-0.1, -0.05) is 17.7 Å². The number of aryl methyl sites for hydroxylation is 1. The quantitative estimate of drug-likeness (QED) is 0.697. The Bertz CT molecular complexity index is 293. The molecule has 0 aromatic heterocycles. The van der Waals surface area contributed by atoms with Crippen LogP contribution in [0.3, 0.4) is 0 Å². The van der Waals surface area contributed by atoms with Crippen LogP contribution in [-0.2, 0) is 0 Å². The molecule has 3 nitrogen and oxygen atoms in total. The maximum Gasteiger partial charge on any atom is 0.251 e. The summed E-state index contributed by atoms with van der Waals surface area (Å²) in [6, 6.07) is 7.55. The SMILES string of the molecule is CNCCNC(=O)c1ccc(C)cc1. The molecule has 1 amide bonds. The Hall–Kier alpha value is -1.35. The number of rotatable bonds is 4. The second-order valence-electron chi connectivity index (χ2n) is 3.23. The Kier molecular flexibility index (Phi) is 4.13. The van der Waals surface area contributed by atoms with Crippen molar-refractivity contribution >= 4 is 5.91 Å². The van der Waals surface area contributed by atoms with Gasteiger partial charge in [-0.2, -0.15) is 0 Å². The van der Waals surface area contributed by atoms with E-state index in [9.17, 15) is 4.79 Å². The molecule has 0 aliphatic carbocycles. The summed E-state index contributed by atoms with van der Waals surface area (Å²) in [5.74, 6) is -0.0137. The van der Waals surface area contributed by atoms with Gasteiger partial charge >= 0.3 is 0 Å². The Balaban J connectivity index is 2.48. The van der Waals surface area contributed by atoms with Gasteiger partial charge in [-0.25, -0.2) is 0 Å². The summed E-state index contributed by atoms with van der Waals surface area (Å²) in [5, 5.41) is 5.79. The minimum atomic E-state index is -0.0137. The second-order valence-corrected chi connectivity index (χ2v) is 3.23. The summed E-state index contributed by atoms with van der Waals surface area (Å²) in [5.41, 5.74) is 1.88. The average Bonchev–Trinajstić information content (AvgIpc) is 2.19. The Morgan fingerprint density at radius 2 is 1.86 bits per heavy atom. The number of hydrogen-bond acceptors (Lipinski definition) is 2. The molecule has 1 aromatic carbocycles. The number of nitrogens with one attached hydrogen (secondary N) is 2. The molecule has 1 aromatic rings. The number of benzene rings is 1.